The molecule has 1 fully saturated rings. The molecule has 0 saturated carbocycles. The Balaban J connectivity index is 1.20. The molecule has 0 aromatic heterocycles. The van der Waals surface area contributed by atoms with Crippen molar-refractivity contribution in [3.63, 3.8) is 0 Å². The Morgan fingerprint density at radius 1 is 0.949 bits per heavy atom. The lowest BCUT2D eigenvalue weighted by Gasteiger charge is -2.33. The molecule has 39 heavy (non-hydrogen) atoms. The minimum atomic E-state index is -0.0220. The molecule has 1 amide bonds. The van der Waals surface area contributed by atoms with E-state index >= 15 is 0 Å². The highest BCUT2D eigenvalue weighted by Gasteiger charge is 2.24. The largest absolute Gasteiger partial charge is 0.497 e. The number of piperidine rings is 1. The predicted octanol–water partition coefficient (Wildman–Crippen LogP) is 7.17. The number of hydrogen-bond donors (Lipinski definition) is 1. The first-order chi connectivity index (χ1) is 19.0. The lowest BCUT2D eigenvalue weighted by atomic mass is 9.89. The monoisotopic (exact) mass is 526 g/mol. The zero-order valence-corrected chi connectivity index (χ0v) is 23.6. The van der Waals surface area contributed by atoms with Crippen LogP contribution in [0.5, 0.6) is 11.5 Å². The summed E-state index contributed by atoms with van der Waals surface area (Å²) in [6, 6.07) is 23.3. The Hall–Kier alpha value is -3.31. The van der Waals surface area contributed by atoms with Crippen LogP contribution in [0.4, 0.5) is 5.69 Å². The van der Waals surface area contributed by atoms with Crippen molar-refractivity contribution in [2.75, 3.05) is 32.1 Å². The van der Waals surface area contributed by atoms with Crippen LogP contribution in [-0.4, -0.2) is 37.6 Å². The SMILES string of the molecule is COc1ccc(OC(CCN2CCC(c3cccc(NC(=O)C(C)C)c3)CC2)c2ccc3c(c2)CCC3)cc1. The summed E-state index contributed by atoms with van der Waals surface area (Å²) in [5.74, 6) is 2.29. The normalized spacial score (nSPS) is 16.6. The van der Waals surface area contributed by atoms with Gasteiger partial charge in [-0.3, -0.25) is 4.79 Å². The van der Waals surface area contributed by atoms with Gasteiger partial charge >= 0.3 is 0 Å². The van der Waals surface area contributed by atoms with Crippen LogP contribution in [-0.2, 0) is 17.6 Å². The molecular formula is C34H42N2O3. The lowest BCUT2D eigenvalue weighted by Crippen LogP contribution is -2.34. The number of nitrogens with zero attached hydrogens (tertiary/aromatic N) is 1. The molecule has 1 heterocycles. The van der Waals surface area contributed by atoms with E-state index < -0.39 is 0 Å². The van der Waals surface area contributed by atoms with Crippen LogP contribution in [0, 0.1) is 5.92 Å². The number of carbonyl (C=O) groups is 1. The van der Waals surface area contributed by atoms with Crippen molar-refractivity contribution in [1.82, 2.24) is 4.90 Å². The van der Waals surface area contributed by atoms with E-state index in [1.807, 2.05) is 44.2 Å². The van der Waals surface area contributed by atoms with E-state index in [4.69, 9.17) is 9.47 Å². The molecule has 3 aromatic carbocycles. The lowest BCUT2D eigenvalue weighted by molar-refractivity contribution is -0.118. The number of anilines is 1. The third-order valence-electron chi connectivity index (χ3n) is 8.28. The van der Waals surface area contributed by atoms with Gasteiger partial charge in [0.15, 0.2) is 0 Å². The summed E-state index contributed by atoms with van der Waals surface area (Å²) in [5.41, 5.74) is 6.50. The van der Waals surface area contributed by atoms with Gasteiger partial charge in [0.1, 0.15) is 17.6 Å². The summed E-state index contributed by atoms with van der Waals surface area (Å²) >= 11 is 0. The molecule has 1 aliphatic carbocycles. The summed E-state index contributed by atoms with van der Waals surface area (Å²) in [7, 11) is 1.69. The predicted molar refractivity (Wildman–Crippen MR) is 158 cm³/mol. The molecule has 3 aromatic rings. The number of methoxy groups -OCH3 is 1. The van der Waals surface area contributed by atoms with E-state index in [1.165, 1.54) is 41.5 Å². The van der Waals surface area contributed by atoms with E-state index in [9.17, 15) is 4.79 Å². The summed E-state index contributed by atoms with van der Waals surface area (Å²) in [4.78, 5) is 14.7. The molecule has 0 spiro atoms. The number of rotatable bonds is 10. The molecule has 1 N–H and O–H groups in total. The van der Waals surface area contributed by atoms with Crippen LogP contribution in [0.25, 0.3) is 0 Å². The number of nitrogens with one attached hydrogen (secondary N) is 1. The molecule has 1 atom stereocenters. The maximum absolute atomic E-state index is 12.1. The van der Waals surface area contributed by atoms with Crippen molar-refractivity contribution in [1.29, 1.82) is 0 Å². The van der Waals surface area contributed by atoms with Crippen molar-refractivity contribution >= 4 is 11.6 Å². The highest BCUT2D eigenvalue weighted by atomic mass is 16.5. The average molecular weight is 527 g/mol. The zero-order valence-electron chi connectivity index (χ0n) is 23.6. The molecule has 1 aliphatic heterocycles. The van der Waals surface area contributed by atoms with Crippen LogP contribution in [0.3, 0.4) is 0 Å². The molecule has 1 unspecified atom stereocenters. The number of benzene rings is 3. The number of aryl methyl sites for hydroxylation is 2. The molecule has 5 heteroatoms. The fourth-order valence-electron chi connectivity index (χ4n) is 5.85. The fraction of sp³-hybridized carbons (Fsp3) is 0.441. The Morgan fingerprint density at radius 3 is 2.44 bits per heavy atom. The first-order valence-corrected chi connectivity index (χ1v) is 14.5. The second-order valence-electron chi connectivity index (χ2n) is 11.3. The van der Waals surface area contributed by atoms with Gasteiger partial charge in [-0.05, 0) is 110 Å². The Morgan fingerprint density at radius 2 is 1.69 bits per heavy atom. The number of fused-ring (bicyclic) bond motifs is 1. The highest BCUT2D eigenvalue weighted by molar-refractivity contribution is 5.92. The van der Waals surface area contributed by atoms with Gasteiger partial charge in [0, 0.05) is 24.6 Å². The minimum absolute atomic E-state index is 0.0169. The second kappa shape index (κ2) is 12.7. The highest BCUT2D eigenvalue weighted by Crippen LogP contribution is 2.33. The number of ether oxygens (including phenoxy) is 2. The summed E-state index contributed by atoms with van der Waals surface area (Å²) < 4.78 is 11.9. The van der Waals surface area contributed by atoms with E-state index in [0.29, 0.717) is 5.92 Å². The van der Waals surface area contributed by atoms with Gasteiger partial charge in [-0.1, -0.05) is 44.2 Å². The topological polar surface area (TPSA) is 50.8 Å². The van der Waals surface area contributed by atoms with Crippen LogP contribution < -0.4 is 14.8 Å². The van der Waals surface area contributed by atoms with E-state index in [0.717, 1.165) is 56.1 Å². The van der Waals surface area contributed by atoms with E-state index in [1.54, 1.807) is 7.11 Å². The first-order valence-electron chi connectivity index (χ1n) is 14.5. The van der Waals surface area contributed by atoms with Crippen molar-refractivity contribution < 1.29 is 14.3 Å². The zero-order chi connectivity index (χ0) is 27.2. The summed E-state index contributed by atoms with van der Waals surface area (Å²) in [5, 5.41) is 3.05. The Labute approximate surface area is 233 Å². The number of carbonyl (C=O) groups excluding carboxylic acids is 1. The molecule has 206 valence electrons. The second-order valence-corrected chi connectivity index (χ2v) is 11.3. The summed E-state index contributed by atoms with van der Waals surface area (Å²) in [6.07, 6.45) is 6.85. The van der Waals surface area contributed by atoms with Crippen LogP contribution in [0.15, 0.2) is 66.7 Å². The first kappa shape index (κ1) is 27.3. The Bertz CT molecular complexity index is 1250. The van der Waals surface area contributed by atoms with Crippen molar-refractivity contribution in [3.8, 4) is 11.5 Å². The quantitative estimate of drug-likeness (QED) is 0.304. The van der Waals surface area contributed by atoms with Crippen molar-refractivity contribution in [2.45, 2.75) is 64.4 Å². The van der Waals surface area contributed by atoms with Gasteiger partial charge in [-0.2, -0.15) is 0 Å². The van der Waals surface area contributed by atoms with Gasteiger partial charge in [0.2, 0.25) is 5.91 Å². The molecule has 5 nitrogen and oxygen atoms in total. The average Bonchev–Trinajstić information content (AvgIpc) is 3.44. The van der Waals surface area contributed by atoms with Gasteiger partial charge in [0.25, 0.3) is 0 Å². The molecule has 5 rings (SSSR count). The molecule has 1 saturated heterocycles. The van der Waals surface area contributed by atoms with Crippen molar-refractivity contribution in [3.05, 3.63) is 89.0 Å². The minimum Gasteiger partial charge on any atom is -0.497 e. The maximum atomic E-state index is 12.1. The van der Waals surface area contributed by atoms with Gasteiger partial charge in [-0.25, -0.2) is 0 Å². The molecule has 0 radical (unpaired) electrons. The van der Waals surface area contributed by atoms with Crippen LogP contribution in [0.2, 0.25) is 0 Å². The molecular weight excluding hydrogens is 484 g/mol. The fourth-order valence-corrected chi connectivity index (χ4v) is 5.85. The van der Waals surface area contributed by atoms with E-state index in [2.05, 4.69) is 46.6 Å². The van der Waals surface area contributed by atoms with Gasteiger partial charge in [0.05, 0.1) is 7.11 Å². The third kappa shape index (κ3) is 7.02. The maximum Gasteiger partial charge on any atom is 0.226 e. The van der Waals surface area contributed by atoms with Gasteiger partial charge in [-0.15, -0.1) is 0 Å². The van der Waals surface area contributed by atoms with Crippen molar-refractivity contribution in [2.24, 2.45) is 5.92 Å². The number of likely N-dealkylation sites (tertiary alicyclic amines) is 1. The number of hydrogen-bond acceptors (Lipinski definition) is 4. The smallest absolute Gasteiger partial charge is 0.226 e. The third-order valence-corrected chi connectivity index (χ3v) is 8.28. The molecule has 0 bridgehead atoms. The number of amides is 1. The standard InChI is InChI=1S/C34H42N2O3/c1-24(2)34(37)35-30-9-5-8-28(23-30)26-16-19-36(20-17-26)21-18-33(39-32-14-12-31(38-3)13-15-32)29-11-10-25-6-4-7-27(25)22-29/h5,8-15,22-24,26,33H,4,6-7,16-21H2,1-3H3,(H,35,37). The Kier molecular flexibility index (Phi) is 8.88. The van der Waals surface area contributed by atoms with E-state index in [-0.39, 0.29) is 17.9 Å². The molecule has 2 aliphatic rings. The van der Waals surface area contributed by atoms with Crippen LogP contribution >= 0.6 is 0 Å². The van der Waals surface area contributed by atoms with Gasteiger partial charge < -0.3 is 19.7 Å². The van der Waals surface area contributed by atoms with Crippen LogP contribution in [0.1, 0.15) is 73.8 Å². The summed E-state index contributed by atoms with van der Waals surface area (Å²) in [6.45, 7) is 7.01.